The highest BCUT2D eigenvalue weighted by atomic mass is 16.5. The smallest absolute Gasteiger partial charge is 0.261 e. The minimum absolute atomic E-state index is 0.0534. The van der Waals surface area contributed by atoms with Gasteiger partial charge in [-0.2, -0.15) is 0 Å². The fourth-order valence-electron chi connectivity index (χ4n) is 2.69. The monoisotopic (exact) mass is 284 g/mol. The Morgan fingerprint density at radius 2 is 2.24 bits per heavy atom. The Balaban J connectivity index is 2.06. The predicted molar refractivity (Wildman–Crippen MR) is 83.9 cm³/mol. The van der Waals surface area contributed by atoms with Crippen LogP contribution in [0.15, 0.2) is 35.1 Å². The summed E-state index contributed by atoms with van der Waals surface area (Å²) in [6.07, 6.45) is 4.20. The fraction of sp³-hybridized carbons (Fsp3) is 0.412. The lowest BCUT2D eigenvalue weighted by Crippen LogP contribution is -2.24. The van der Waals surface area contributed by atoms with Crippen molar-refractivity contribution in [3.05, 3.63) is 46.5 Å². The standard InChI is InChI=1S/C17H20N2O2/c1-12(2)11-21-13-7-8-15-14(10-13)17(20)19-9-5-3-4-6-16(19)18-15/h7-8,10H,1,3-6,9,11H2,2H3. The molecule has 0 radical (unpaired) electrons. The highest BCUT2D eigenvalue weighted by Gasteiger charge is 2.14. The highest BCUT2D eigenvalue weighted by Crippen LogP contribution is 2.20. The number of hydrogen-bond donors (Lipinski definition) is 0. The first-order valence-electron chi connectivity index (χ1n) is 7.46. The molecule has 0 unspecified atom stereocenters. The number of ether oxygens (including phenoxy) is 1. The van der Waals surface area contributed by atoms with Gasteiger partial charge in [0.2, 0.25) is 0 Å². The van der Waals surface area contributed by atoms with E-state index in [0.717, 1.165) is 49.1 Å². The Hall–Kier alpha value is -2.10. The molecule has 1 aliphatic heterocycles. The molecule has 0 bridgehead atoms. The van der Waals surface area contributed by atoms with Gasteiger partial charge in [0.25, 0.3) is 5.56 Å². The van der Waals surface area contributed by atoms with E-state index < -0.39 is 0 Å². The summed E-state index contributed by atoms with van der Waals surface area (Å²) in [5.74, 6) is 1.61. The first-order chi connectivity index (χ1) is 10.1. The molecule has 2 aromatic rings. The van der Waals surface area contributed by atoms with Crippen LogP contribution in [-0.2, 0) is 13.0 Å². The SMILES string of the molecule is C=C(C)COc1ccc2nc3n(c(=O)c2c1)CCCCC3. The summed E-state index contributed by atoms with van der Waals surface area (Å²) in [7, 11) is 0. The van der Waals surface area contributed by atoms with Crippen LogP contribution in [0, 0.1) is 0 Å². The quantitative estimate of drug-likeness (QED) is 0.814. The number of fused-ring (bicyclic) bond motifs is 2. The Bertz CT molecular complexity index is 746. The fourth-order valence-corrected chi connectivity index (χ4v) is 2.69. The molecule has 1 aromatic carbocycles. The van der Waals surface area contributed by atoms with E-state index in [1.807, 2.05) is 23.6 Å². The third kappa shape index (κ3) is 2.84. The molecule has 0 aliphatic carbocycles. The Morgan fingerprint density at radius 3 is 3.05 bits per heavy atom. The molecule has 0 atom stereocenters. The van der Waals surface area contributed by atoms with E-state index in [-0.39, 0.29) is 5.56 Å². The summed E-state index contributed by atoms with van der Waals surface area (Å²) in [4.78, 5) is 17.3. The van der Waals surface area contributed by atoms with Crippen LogP contribution in [-0.4, -0.2) is 16.2 Å². The molecule has 1 aliphatic rings. The van der Waals surface area contributed by atoms with E-state index in [4.69, 9.17) is 4.74 Å². The second kappa shape index (κ2) is 5.72. The molecular weight excluding hydrogens is 264 g/mol. The van der Waals surface area contributed by atoms with Gasteiger partial charge in [-0.25, -0.2) is 4.98 Å². The lowest BCUT2D eigenvalue weighted by molar-refractivity contribution is 0.353. The first-order valence-corrected chi connectivity index (χ1v) is 7.46. The molecule has 0 fully saturated rings. The van der Waals surface area contributed by atoms with Crippen LogP contribution in [0.1, 0.15) is 32.0 Å². The average Bonchev–Trinajstić information content (AvgIpc) is 2.71. The molecule has 0 amide bonds. The van der Waals surface area contributed by atoms with Crippen LogP contribution in [0.4, 0.5) is 0 Å². The number of aromatic nitrogens is 2. The average molecular weight is 284 g/mol. The maximum Gasteiger partial charge on any atom is 0.261 e. The molecule has 110 valence electrons. The van der Waals surface area contributed by atoms with Crippen molar-refractivity contribution >= 4 is 10.9 Å². The molecule has 4 nitrogen and oxygen atoms in total. The molecule has 0 N–H and O–H groups in total. The number of hydrogen-bond acceptors (Lipinski definition) is 3. The number of aryl methyl sites for hydroxylation is 1. The largest absolute Gasteiger partial charge is 0.489 e. The minimum Gasteiger partial charge on any atom is -0.489 e. The second-order valence-electron chi connectivity index (χ2n) is 5.72. The second-order valence-corrected chi connectivity index (χ2v) is 5.72. The molecule has 0 spiro atoms. The topological polar surface area (TPSA) is 44.1 Å². The zero-order chi connectivity index (χ0) is 14.8. The van der Waals surface area contributed by atoms with Gasteiger partial charge in [0.15, 0.2) is 0 Å². The van der Waals surface area contributed by atoms with Crippen molar-refractivity contribution < 1.29 is 4.74 Å². The summed E-state index contributed by atoms with van der Waals surface area (Å²) in [6, 6.07) is 5.54. The summed E-state index contributed by atoms with van der Waals surface area (Å²) in [5.41, 5.74) is 1.76. The van der Waals surface area contributed by atoms with Crippen molar-refractivity contribution in [3.8, 4) is 5.75 Å². The highest BCUT2D eigenvalue weighted by molar-refractivity contribution is 5.79. The van der Waals surface area contributed by atoms with Gasteiger partial charge in [0.05, 0.1) is 10.9 Å². The van der Waals surface area contributed by atoms with Crippen molar-refractivity contribution in [2.24, 2.45) is 0 Å². The molecule has 1 aromatic heterocycles. The normalized spacial score (nSPS) is 14.5. The van der Waals surface area contributed by atoms with E-state index in [2.05, 4.69) is 11.6 Å². The van der Waals surface area contributed by atoms with E-state index in [9.17, 15) is 4.79 Å². The predicted octanol–water partition coefficient (Wildman–Crippen LogP) is 3.08. The van der Waals surface area contributed by atoms with Gasteiger partial charge in [0.1, 0.15) is 18.2 Å². The van der Waals surface area contributed by atoms with Crippen LogP contribution >= 0.6 is 0 Å². The number of rotatable bonds is 3. The third-order valence-corrected chi connectivity index (χ3v) is 3.77. The van der Waals surface area contributed by atoms with Crippen LogP contribution < -0.4 is 10.3 Å². The maximum atomic E-state index is 12.7. The van der Waals surface area contributed by atoms with Crippen molar-refractivity contribution in [1.82, 2.24) is 9.55 Å². The van der Waals surface area contributed by atoms with E-state index in [1.165, 1.54) is 0 Å². The lowest BCUT2D eigenvalue weighted by atomic mass is 10.2. The lowest BCUT2D eigenvalue weighted by Gasteiger charge is -2.11. The zero-order valence-corrected chi connectivity index (χ0v) is 12.4. The van der Waals surface area contributed by atoms with Crippen molar-refractivity contribution in [2.75, 3.05) is 6.61 Å². The molecule has 21 heavy (non-hydrogen) atoms. The van der Waals surface area contributed by atoms with Gasteiger partial charge in [-0.05, 0) is 43.5 Å². The number of benzene rings is 1. The maximum absolute atomic E-state index is 12.7. The summed E-state index contributed by atoms with van der Waals surface area (Å²) >= 11 is 0. The number of nitrogens with zero attached hydrogens (tertiary/aromatic N) is 2. The molecule has 3 rings (SSSR count). The molecular formula is C17H20N2O2. The summed E-state index contributed by atoms with van der Waals surface area (Å²) in [6.45, 7) is 6.96. The molecule has 4 heteroatoms. The summed E-state index contributed by atoms with van der Waals surface area (Å²) < 4.78 is 7.46. The van der Waals surface area contributed by atoms with E-state index >= 15 is 0 Å². The van der Waals surface area contributed by atoms with Crippen LogP contribution in [0.3, 0.4) is 0 Å². The first kappa shape index (κ1) is 13.9. The van der Waals surface area contributed by atoms with Crippen LogP contribution in [0.5, 0.6) is 5.75 Å². The van der Waals surface area contributed by atoms with E-state index in [1.54, 1.807) is 6.07 Å². The molecule has 2 heterocycles. The molecule has 0 saturated heterocycles. The Morgan fingerprint density at radius 1 is 1.38 bits per heavy atom. The Kier molecular flexibility index (Phi) is 3.78. The van der Waals surface area contributed by atoms with Gasteiger partial charge < -0.3 is 4.74 Å². The summed E-state index contributed by atoms with van der Waals surface area (Å²) in [5, 5.41) is 0.639. The Labute approximate surface area is 124 Å². The molecule has 0 saturated carbocycles. The van der Waals surface area contributed by atoms with Gasteiger partial charge in [0, 0.05) is 13.0 Å². The van der Waals surface area contributed by atoms with Gasteiger partial charge >= 0.3 is 0 Å². The van der Waals surface area contributed by atoms with Crippen molar-refractivity contribution in [2.45, 2.75) is 39.2 Å². The minimum atomic E-state index is 0.0534. The van der Waals surface area contributed by atoms with Gasteiger partial charge in [-0.1, -0.05) is 13.0 Å². The third-order valence-electron chi connectivity index (χ3n) is 3.77. The van der Waals surface area contributed by atoms with Crippen LogP contribution in [0.25, 0.3) is 10.9 Å². The van der Waals surface area contributed by atoms with Gasteiger partial charge in [-0.15, -0.1) is 0 Å². The van der Waals surface area contributed by atoms with Crippen LogP contribution in [0.2, 0.25) is 0 Å². The zero-order valence-electron chi connectivity index (χ0n) is 12.4. The van der Waals surface area contributed by atoms with Crippen molar-refractivity contribution in [3.63, 3.8) is 0 Å². The van der Waals surface area contributed by atoms with E-state index in [0.29, 0.717) is 17.7 Å². The van der Waals surface area contributed by atoms with Gasteiger partial charge in [-0.3, -0.25) is 9.36 Å². The van der Waals surface area contributed by atoms with Crippen molar-refractivity contribution in [1.29, 1.82) is 0 Å².